The fraction of sp³-hybridized carbons (Fsp3) is 0.400. The number of rotatable bonds is 7. The highest BCUT2D eigenvalue weighted by Gasteiger charge is 2.31. The van der Waals surface area contributed by atoms with Crippen molar-refractivity contribution >= 4 is 34.5 Å². The van der Waals surface area contributed by atoms with Crippen molar-refractivity contribution in [2.24, 2.45) is 11.8 Å². The molecule has 0 saturated heterocycles. The smallest absolute Gasteiger partial charge is 0.480 e. The van der Waals surface area contributed by atoms with Crippen LogP contribution in [0.4, 0.5) is 24.8 Å². The summed E-state index contributed by atoms with van der Waals surface area (Å²) in [5.74, 6) is -0.485. The maximum Gasteiger partial charge on any atom is 0.573 e. The lowest BCUT2D eigenvalue weighted by molar-refractivity contribution is -0.274. The number of fused-ring (bicyclic) bond motifs is 1. The van der Waals surface area contributed by atoms with E-state index >= 15 is 0 Å². The molecule has 0 radical (unpaired) electrons. The molecule has 36 heavy (non-hydrogen) atoms. The predicted octanol–water partition coefficient (Wildman–Crippen LogP) is 5.49. The second-order valence-corrected chi connectivity index (χ2v) is 9.35. The average Bonchev–Trinajstić information content (AvgIpc) is 3.14. The minimum Gasteiger partial charge on any atom is -0.480 e. The molecule has 192 valence electrons. The van der Waals surface area contributed by atoms with Crippen molar-refractivity contribution in [3.8, 4) is 5.75 Å². The van der Waals surface area contributed by atoms with E-state index in [1.165, 1.54) is 24.3 Å². The summed E-state index contributed by atoms with van der Waals surface area (Å²) in [6.45, 7) is 3.92. The van der Waals surface area contributed by atoms with Gasteiger partial charge in [-0.15, -0.1) is 13.2 Å². The Morgan fingerprint density at radius 3 is 2.36 bits per heavy atom. The van der Waals surface area contributed by atoms with Crippen molar-refractivity contribution in [3.63, 3.8) is 0 Å². The molecule has 1 aliphatic rings. The van der Waals surface area contributed by atoms with Gasteiger partial charge in [-0.2, -0.15) is 0 Å². The Kier molecular flexibility index (Phi) is 7.09. The minimum atomic E-state index is -4.77. The van der Waals surface area contributed by atoms with Crippen LogP contribution in [0.15, 0.2) is 42.5 Å². The van der Waals surface area contributed by atoms with Crippen molar-refractivity contribution in [3.05, 3.63) is 48.0 Å². The molecule has 1 aromatic heterocycles. The van der Waals surface area contributed by atoms with Crippen LogP contribution < -0.4 is 15.4 Å². The quantitative estimate of drug-likeness (QED) is 0.393. The van der Waals surface area contributed by atoms with E-state index in [1.807, 2.05) is 0 Å². The molecule has 1 amide bonds. The Bertz CT molecular complexity index is 1250. The second kappa shape index (κ2) is 10.1. The number of amides is 1. The molecule has 0 spiro atoms. The maximum absolute atomic E-state index is 12.5. The number of nitrogens with zero attached hydrogens (tertiary/aromatic N) is 2. The van der Waals surface area contributed by atoms with Crippen molar-refractivity contribution in [1.29, 1.82) is 0 Å². The van der Waals surface area contributed by atoms with Crippen molar-refractivity contribution in [2.75, 3.05) is 11.9 Å². The summed E-state index contributed by atoms with van der Waals surface area (Å²) in [7, 11) is 0. The number of ether oxygens (including phenoxy) is 1. The first-order chi connectivity index (χ1) is 17.0. The topological polar surface area (TPSA) is 105 Å². The molecule has 2 aromatic carbocycles. The van der Waals surface area contributed by atoms with E-state index in [4.69, 9.17) is 10.1 Å². The van der Waals surface area contributed by atoms with Crippen LogP contribution in [0, 0.1) is 11.8 Å². The molecular formula is C25H27F3N4O4. The first-order valence-electron chi connectivity index (χ1n) is 11.6. The summed E-state index contributed by atoms with van der Waals surface area (Å²) in [6.07, 6.45) is -1.78. The Labute approximate surface area is 205 Å². The summed E-state index contributed by atoms with van der Waals surface area (Å²) in [5, 5.41) is 14.4. The maximum atomic E-state index is 12.5. The number of imidazole rings is 1. The molecule has 4 rings (SSSR count). The molecule has 8 nitrogen and oxygen atoms in total. The fourth-order valence-corrected chi connectivity index (χ4v) is 4.94. The van der Waals surface area contributed by atoms with E-state index in [1.54, 1.807) is 18.2 Å². The number of anilines is 2. The third-order valence-electron chi connectivity index (χ3n) is 6.21. The molecule has 3 atom stereocenters. The Balaban J connectivity index is 1.68. The molecule has 0 aliphatic heterocycles. The van der Waals surface area contributed by atoms with Gasteiger partial charge in [-0.25, -0.2) is 4.98 Å². The van der Waals surface area contributed by atoms with E-state index in [-0.39, 0.29) is 17.4 Å². The number of alkyl halides is 3. The van der Waals surface area contributed by atoms with Gasteiger partial charge in [0.1, 0.15) is 12.3 Å². The van der Waals surface area contributed by atoms with Gasteiger partial charge in [-0.05, 0) is 73.6 Å². The second-order valence-electron chi connectivity index (χ2n) is 9.35. The molecule has 3 N–H and O–H groups in total. The summed E-state index contributed by atoms with van der Waals surface area (Å²) in [6, 6.07) is 10.5. The minimum absolute atomic E-state index is 0.135. The number of carbonyl (C=O) groups is 2. The summed E-state index contributed by atoms with van der Waals surface area (Å²) in [5.41, 5.74) is 2.15. The van der Waals surface area contributed by atoms with Gasteiger partial charge in [0.2, 0.25) is 5.95 Å². The number of hydrogen-bond acceptors (Lipinski definition) is 5. The summed E-state index contributed by atoms with van der Waals surface area (Å²) < 4.78 is 43.5. The average molecular weight is 505 g/mol. The molecule has 1 fully saturated rings. The number of carboxylic acid groups (broad SMARTS) is 1. The molecule has 1 saturated carbocycles. The van der Waals surface area contributed by atoms with Crippen LogP contribution in [-0.4, -0.2) is 39.4 Å². The normalized spacial score (nSPS) is 20.2. The van der Waals surface area contributed by atoms with Gasteiger partial charge < -0.3 is 25.0 Å². The number of halogens is 3. The van der Waals surface area contributed by atoms with E-state index < -0.39 is 24.8 Å². The van der Waals surface area contributed by atoms with Crippen LogP contribution in [0.3, 0.4) is 0 Å². The van der Waals surface area contributed by atoms with Crippen molar-refractivity contribution in [2.45, 2.75) is 45.5 Å². The van der Waals surface area contributed by atoms with Crippen LogP contribution in [0.25, 0.3) is 11.0 Å². The number of aromatic nitrogens is 2. The van der Waals surface area contributed by atoms with Gasteiger partial charge in [0.15, 0.2) is 0 Å². The van der Waals surface area contributed by atoms with Crippen molar-refractivity contribution < 1.29 is 32.6 Å². The lowest BCUT2D eigenvalue weighted by Crippen LogP contribution is -2.29. The first-order valence-corrected chi connectivity index (χ1v) is 11.6. The molecule has 3 aromatic rings. The number of aliphatic carboxylic acids is 1. The molecule has 0 bridgehead atoms. The highest BCUT2D eigenvalue weighted by atomic mass is 19.4. The molecule has 1 aliphatic carbocycles. The fourth-order valence-electron chi connectivity index (χ4n) is 4.94. The number of carboxylic acids is 1. The van der Waals surface area contributed by atoms with Gasteiger partial charge in [-0.3, -0.25) is 9.59 Å². The highest BCUT2D eigenvalue weighted by Crippen LogP contribution is 2.40. The van der Waals surface area contributed by atoms with Crippen LogP contribution in [0.1, 0.15) is 49.5 Å². The van der Waals surface area contributed by atoms with E-state index in [9.17, 15) is 22.8 Å². The van der Waals surface area contributed by atoms with Gasteiger partial charge in [0, 0.05) is 17.3 Å². The van der Waals surface area contributed by atoms with Gasteiger partial charge in [0.05, 0.1) is 11.0 Å². The highest BCUT2D eigenvalue weighted by molar-refractivity contribution is 5.99. The molecule has 11 heteroatoms. The zero-order chi connectivity index (χ0) is 26.0. The third kappa shape index (κ3) is 6.07. The Hall–Kier alpha value is -3.76. The largest absolute Gasteiger partial charge is 0.573 e. The number of hydrogen-bond donors (Lipinski definition) is 3. The monoisotopic (exact) mass is 504 g/mol. The predicted molar refractivity (Wildman–Crippen MR) is 127 cm³/mol. The standard InChI is InChI=1S/C25H27F3N4O4/c1-14-9-15(2)11-18(10-14)32-21-8-3-16(23(35)29-13-22(33)34)12-20(21)31-24(32)30-17-4-6-19(7-5-17)36-25(26,27)28/h3-8,12,14-15,18H,9-11,13H2,1-2H3,(H,29,35)(H,30,31)(H,33,34)/t14-,15?,18?/m1/s1. The van der Waals surface area contributed by atoms with Crippen LogP contribution in [0.5, 0.6) is 5.75 Å². The first kappa shape index (κ1) is 25.3. The number of benzene rings is 2. The van der Waals surface area contributed by atoms with Crippen LogP contribution in [-0.2, 0) is 4.79 Å². The van der Waals surface area contributed by atoms with Gasteiger partial charge in [-0.1, -0.05) is 13.8 Å². The zero-order valence-electron chi connectivity index (χ0n) is 19.8. The lowest BCUT2D eigenvalue weighted by Gasteiger charge is -2.33. The molecular weight excluding hydrogens is 477 g/mol. The van der Waals surface area contributed by atoms with Gasteiger partial charge in [0.25, 0.3) is 5.91 Å². The number of carbonyl (C=O) groups excluding carboxylic acids is 1. The summed E-state index contributed by atoms with van der Waals surface area (Å²) in [4.78, 5) is 27.9. The lowest BCUT2D eigenvalue weighted by atomic mass is 9.80. The van der Waals surface area contributed by atoms with Crippen molar-refractivity contribution in [1.82, 2.24) is 14.9 Å². The van der Waals surface area contributed by atoms with Crippen LogP contribution in [0.2, 0.25) is 0 Å². The Morgan fingerprint density at radius 1 is 1.08 bits per heavy atom. The van der Waals surface area contributed by atoms with E-state index in [0.717, 1.165) is 24.8 Å². The Morgan fingerprint density at radius 2 is 1.75 bits per heavy atom. The van der Waals surface area contributed by atoms with Gasteiger partial charge >= 0.3 is 12.3 Å². The molecule has 1 heterocycles. The van der Waals surface area contributed by atoms with E-state index in [2.05, 4.69) is 33.8 Å². The molecule has 2 unspecified atom stereocenters. The summed E-state index contributed by atoms with van der Waals surface area (Å²) >= 11 is 0. The number of nitrogens with one attached hydrogen (secondary N) is 2. The zero-order valence-corrected chi connectivity index (χ0v) is 19.8. The SMILES string of the molecule is CC1CC(n2c(Nc3ccc(OC(F)(F)F)cc3)nc3cc(C(=O)NCC(=O)O)ccc32)C[C@H](C)C1. The van der Waals surface area contributed by atoms with Crippen LogP contribution >= 0.6 is 0 Å². The third-order valence-corrected chi connectivity index (χ3v) is 6.21. The van der Waals surface area contributed by atoms with E-state index in [0.29, 0.717) is 29.0 Å².